The fourth-order valence-electron chi connectivity index (χ4n) is 3.90. The lowest BCUT2D eigenvalue weighted by Gasteiger charge is -2.19. The summed E-state index contributed by atoms with van der Waals surface area (Å²) in [6.45, 7) is 7.08. The molecule has 0 saturated heterocycles. The van der Waals surface area contributed by atoms with Crippen LogP contribution in [-0.4, -0.2) is 13.1 Å². The molecule has 1 saturated carbocycles. The van der Waals surface area contributed by atoms with Crippen LogP contribution in [0.3, 0.4) is 0 Å². The number of hydrogen-bond donors (Lipinski definition) is 0. The van der Waals surface area contributed by atoms with Crippen molar-refractivity contribution < 1.29 is 23.0 Å². The Labute approximate surface area is 175 Å². The SMILES string of the molecule is CCc1c(F)c(COC)c(F)c(CC)c1COC(=O)[C@H]1[C@H](C=C(Cl)Cl)C1(C)C. The molecule has 28 heavy (non-hydrogen) atoms. The van der Waals surface area contributed by atoms with E-state index < -0.39 is 23.5 Å². The van der Waals surface area contributed by atoms with Gasteiger partial charge in [-0.3, -0.25) is 4.79 Å². The van der Waals surface area contributed by atoms with Gasteiger partial charge in [-0.1, -0.05) is 50.9 Å². The van der Waals surface area contributed by atoms with Crippen LogP contribution in [0, 0.1) is 28.9 Å². The monoisotopic (exact) mass is 434 g/mol. The fraction of sp³-hybridized carbons (Fsp3) is 0.571. The van der Waals surface area contributed by atoms with Crippen LogP contribution in [0.1, 0.15) is 49.9 Å². The zero-order chi connectivity index (χ0) is 21.2. The average molecular weight is 435 g/mol. The quantitative estimate of drug-likeness (QED) is 0.479. The Morgan fingerprint density at radius 3 is 2.00 bits per heavy atom. The maximum absolute atomic E-state index is 14.8. The Balaban J connectivity index is 2.29. The zero-order valence-corrected chi connectivity index (χ0v) is 18.3. The highest BCUT2D eigenvalue weighted by atomic mass is 35.5. The van der Waals surface area contributed by atoms with Crippen LogP contribution in [0.15, 0.2) is 10.6 Å². The van der Waals surface area contributed by atoms with E-state index in [1.165, 1.54) is 7.11 Å². The van der Waals surface area contributed by atoms with Crippen molar-refractivity contribution >= 4 is 29.2 Å². The van der Waals surface area contributed by atoms with Crippen molar-refractivity contribution in [2.24, 2.45) is 17.3 Å². The number of rotatable bonds is 8. The molecule has 1 fully saturated rings. The lowest BCUT2D eigenvalue weighted by Crippen LogP contribution is -2.16. The number of esters is 1. The Hall–Kier alpha value is -1.17. The third-order valence-corrected chi connectivity index (χ3v) is 5.87. The van der Waals surface area contributed by atoms with Gasteiger partial charge in [-0.15, -0.1) is 0 Å². The van der Waals surface area contributed by atoms with E-state index in [1.807, 2.05) is 13.8 Å². The summed E-state index contributed by atoms with van der Waals surface area (Å²) in [5, 5.41) is 0. The van der Waals surface area contributed by atoms with E-state index in [0.717, 1.165) is 0 Å². The number of hydrogen-bond acceptors (Lipinski definition) is 3. The van der Waals surface area contributed by atoms with E-state index in [2.05, 4.69) is 0 Å². The summed E-state index contributed by atoms with van der Waals surface area (Å²) >= 11 is 11.4. The molecular formula is C21H26Cl2F2O3. The number of allylic oxidation sites excluding steroid dienone is 1. The van der Waals surface area contributed by atoms with Gasteiger partial charge in [0, 0.05) is 18.2 Å². The summed E-state index contributed by atoms with van der Waals surface area (Å²) in [6.07, 6.45) is 2.33. The van der Waals surface area contributed by atoms with E-state index in [1.54, 1.807) is 19.9 Å². The van der Waals surface area contributed by atoms with Crippen molar-refractivity contribution in [2.45, 2.75) is 53.8 Å². The van der Waals surface area contributed by atoms with Crippen molar-refractivity contribution in [3.8, 4) is 0 Å². The van der Waals surface area contributed by atoms with Crippen LogP contribution in [0.2, 0.25) is 0 Å². The van der Waals surface area contributed by atoms with Crippen LogP contribution in [0.25, 0.3) is 0 Å². The second-order valence-corrected chi connectivity index (χ2v) is 8.58. The number of benzene rings is 1. The summed E-state index contributed by atoms with van der Waals surface area (Å²) in [5.41, 5.74) is 0.694. The molecule has 2 atom stereocenters. The Bertz CT molecular complexity index is 755. The molecule has 0 radical (unpaired) electrons. The lowest BCUT2D eigenvalue weighted by atomic mass is 9.93. The predicted molar refractivity (Wildman–Crippen MR) is 106 cm³/mol. The molecule has 1 aliphatic carbocycles. The van der Waals surface area contributed by atoms with Crippen molar-refractivity contribution in [1.82, 2.24) is 0 Å². The summed E-state index contributed by atoms with van der Waals surface area (Å²) in [5.74, 6) is -2.21. The van der Waals surface area contributed by atoms with Crippen LogP contribution in [0.5, 0.6) is 0 Å². The van der Waals surface area contributed by atoms with Crippen LogP contribution >= 0.6 is 23.2 Å². The van der Waals surface area contributed by atoms with Gasteiger partial charge in [0.15, 0.2) is 0 Å². The molecule has 0 bridgehead atoms. The highest BCUT2D eigenvalue weighted by Crippen LogP contribution is 2.60. The largest absolute Gasteiger partial charge is 0.461 e. The molecule has 156 valence electrons. The summed E-state index contributed by atoms with van der Waals surface area (Å²) < 4.78 is 40.2. The Morgan fingerprint density at radius 2 is 1.57 bits per heavy atom. The van der Waals surface area contributed by atoms with Crippen molar-refractivity contribution in [1.29, 1.82) is 0 Å². The maximum atomic E-state index is 14.8. The molecule has 0 heterocycles. The van der Waals surface area contributed by atoms with E-state index in [0.29, 0.717) is 29.5 Å². The first kappa shape index (κ1) is 23.1. The van der Waals surface area contributed by atoms with Gasteiger partial charge in [0.05, 0.1) is 12.5 Å². The first-order valence-corrected chi connectivity index (χ1v) is 10.1. The molecule has 0 amide bonds. The summed E-state index contributed by atoms with van der Waals surface area (Å²) in [7, 11) is 1.39. The summed E-state index contributed by atoms with van der Waals surface area (Å²) in [4.78, 5) is 12.6. The molecule has 0 N–H and O–H groups in total. The van der Waals surface area contributed by atoms with E-state index in [-0.39, 0.29) is 34.6 Å². The number of ether oxygens (including phenoxy) is 2. The van der Waals surface area contributed by atoms with Crippen LogP contribution in [-0.2, 0) is 40.3 Å². The molecule has 0 spiro atoms. The second-order valence-electron chi connectivity index (χ2n) is 7.57. The molecule has 1 aliphatic rings. The van der Waals surface area contributed by atoms with E-state index in [9.17, 15) is 13.6 Å². The van der Waals surface area contributed by atoms with Gasteiger partial charge >= 0.3 is 5.97 Å². The first-order chi connectivity index (χ1) is 13.1. The highest BCUT2D eigenvalue weighted by molar-refractivity contribution is 6.55. The maximum Gasteiger partial charge on any atom is 0.310 e. The van der Waals surface area contributed by atoms with Gasteiger partial charge < -0.3 is 9.47 Å². The average Bonchev–Trinajstić information content (AvgIpc) is 3.15. The summed E-state index contributed by atoms with van der Waals surface area (Å²) in [6, 6.07) is 0. The minimum atomic E-state index is -0.633. The van der Waals surface area contributed by atoms with Crippen LogP contribution < -0.4 is 0 Å². The van der Waals surface area contributed by atoms with Crippen molar-refractivity contribution in [3.05, 3.63) is 44.5 Å². The number of carbonyl (C=O) groups is 1. The van der Waals surface area contributed by atoms with E-state index in [4.69, 9.17) is 32.7 Å². The molecule has 0 unspecified atom stereocenters. The van der Waals surface area contributed by atoms with Gasteiger partial charge in [0.1, 0.15) is 22.7 Å². The molecular weight excluding hydrogens is 409 g/mol. The number of carbonyl (C=O) groups excluding carboxylic acids is 1. The highest BCUT2D eigenvalue weighted by Gasteiger charge is 2.61. The Kier molecular flexibility index (Phi) is 7.51. The third kappa shape index (κ3) is 4.37. The Morgan fingerprint density at radius 1 is 1.04 bits per heavy atom. The molecule has 1 aromatic rings. The van der Waals surface area contributed by atoms with Crippen molar-refractivity contribution in [3.63, 3.8) is 0 Å². The van der Waals surface area contributed by atoms with Crippen LogP contribution in [0.4, 0.5) is 8.78 Å². The molecule has 3 nitrogen and oxygen atoms in total. The lowest BCUT2D eigenvalue weighted by molar-refractivity contribution is -0.147. The normalized spacial score (nSPS) is 20.0. The smallest absolute Gasteiger partial charge is 0.310 e. The molecule has 0 aliphatic heterocycles. The molecule has 1 aromatic carbocycles. The first-order valence-electron chi connectivity index (χ1n) is 9.30. The minimum absolute atomic E-state index is 0.0865. The van der Waals surface area contributed by atoms with E-state index >= 15 is 0 Å². The molecule has 7 heteroatoms. The van der Waals surface area contributed by atoms with Gasteiger partial charge in [-0.25, -0.2) is 8.78 Å². The zero-order valence-electron chi connectivity index (χ0n) is 16.8. The minimum Gasteiger partial charge on any atom is -0.461 e. The predicted octanol–water partition coefficient (Wildman–Crippen LogP) is 5.87. The second kappa shape index (κ2) is 9.10. The fourth-order valence-corrected chi connectivity index (χ4v) is 4.17. The molecule has 0 aromatic heterocycles. The molecule has 2 rings (SSSR count). The van der Waals surface area contributed by atoms with Gasteiger partial charge in [-0.05, 0) is 41.4 Å². The van der Waals surface area contributed by atoms with Gasteiger partial charge in [0.2, 0.25) is 0 Å². The standard InChI is InChI=1S/C21H26Cl2F2O3/c1-6-11-13(12(7-2)19(25)14(9-27-5)18(11)24)10-28-20(26)17-15(8-16(22)23)21(17,3)4/h8,15,17H,6-7,9-10H2,1-5H3/t15-,17+/m0/s1. The number of methoxy groups -OCH3 is 1. The topological polar surface area (TPSA) is 35.5 Å². The van der Waals surface area contributed by atoms with Crippen molar-refractivity contribution in [2.75, 3.05) is 7.11 Å². The van der Waals surface area contributed by atoms with Gasteiger partial charge in [0.25, 0.3) is 0 Å². The van der Waals surface area contributed by atoms with Gasteiger partial charge in [-0.2, -0.15) is 0 Å². The third-order valence-electron chi connectivity index (χ3n) is 5.61. The number of halogens is 4.